The van der Waals surface area contributed by atoms with Crippen LogP contribution in [0.3, 0.4) is 0 Å². The van der Waals surface area contributed by atoms with Gasteiger partial charge in [-0.2, -0.15) is 0 Å². The highest BCUT2D eigenvalue weighted by molar-refractivity contribution is 5.16. The molecule has 5 rings (SSSR count). The molecule has 3 heteroatoms. The highest BCUT2D eigenvalue weighted by Crippen LogP contribution is 2.63. The second-order valence-electron chi connectivity index (χ2n) is 11.6. The third-order valence-corrected chi connectivity index (χ3v) is 10.4. The van der Waals surface area contributed by atoms with Crippen LogP contribution >= 0.6 is 0 Å². The largest absolute Gasteiger partial charge is 0.393 e. The second-order valence-corrected chi connectivity index (χ2v) is 11.6. The number of ether oxygens (including phenoxy) is 1. The van der Waals surface area contributed by atoms with Crippen LogP contribution in [0.1, 0.15) is 119 Å². The maximum Gasteiger partial charge on any atom is 0.0965 e. The number of likely N-dealkylation sites (tertiary alicyclic amines) is 1. The molecule has 3 saturated carbocycles. The summed E-state index contributed by atoms with van der Waals surface area (Å²) in [4.78, 5) is 2.72. The van der Waals surface area contributed by atoms with Gasteiger partial charge in [0.05, 0.1) is 12.2 Å². The molecule has 2 saturated heterocycles. The van der Waals surface area contributed by atoms with E-state index in [1.54, 1.807) is 0 Å². The number of nitrogens with zero attached hydrogens (tertiary/aromatic N) is 1. The summed E-state index contributed by atoms with van der Waals surface area (Å²) in [5.74, 6) is 2.98. The van der Waals surface area contributed by atoms with Gasteiger partial charge in [0.15, 0.2) is 0 Å². The normalized spacial score (nSPS) is 44.5. The van der Waals surface area contributed by atoms with E-state index >= 15 is 0 Å². The van der Waals surface area contributed by atoms with Crippen molar-refractivity contribution < 1.29 is 9.84 Å². The first-order valence-corrected chi connectivity index (χ1v) is 14.7. The Morgan fingerprint density at radius 2 is 1.58 bits per heavy atom. The van der Waals surface area contributed by atoms with Gasteiger partial charge in [0.2, 0.25) is 0 Å². The van der Waals surface area contributed by atoms with Gasteiger partial charge in [-0.3, -0.25) is 0 Å². The van der Waals surface area contributed by atoms with Gasteiger partial charge in [-0.1, -0.05) is 47.6 Å². The molecule has 1 N–H and O–H groups in total. The van der Waals surface area contributed by atoms with Gasteiger partial charge < -0.3 is 14.7 Å². The van der Waals surface area contributed by atoms with Crippen molar-refractivity contribution in [2.75, 3.05) is 13.2 Å². The van der Waals surface area contributed by atoms with Crippen LogP contribution in [-0.4, -0.2) is 40.9 Å². The summed E-state index contributed by atoms with van der Waals surface area (Å²) < 4.78 is 6.15. The summed E-state index contributed by atoms with van der Waals surface area (Å²) >= 11 is 0. The summed E-state index contributed by atoms with van der Waals surface area (Å²) in [7, 11) is 0. The van der Waals surface area contributed by atoms with Gasteiger partial charge in [-0.05, 0) is 107 Å². The van der Waals surface area contributed by atoms with Crippen LogP contribution in [0.15, 0.2) is 12.3 Å². The Morgan fingerprint density at radius 3 is 2.27 bits per heavy atom. The maximum absolute atomic E-state index is 10.8. The molecule has 3 nitrogen and oxygen atoms in total. The fourth-order valence-electron chi connectivity index (χ4n) is 8.92. The standard InChI is InChI=1S/C26H43NO2.2C2H6/c1-18(24-10-4-5-17-29-24)27-16-7-8-21-19-11-12-22-23(28)9-6-14-25(22,2)20(19)13-15-26(21,27)3;2*1-2/h19-24,28H,1,4-17H2,2-3H3;2*1-2H3. The van der Waals surface area contributed by atoms with Crippen molar-refractivity contribution in [1.29, 1.82) is 0 Å². The Kier molecular flexibility index (Phi) is 9.40. The first-order chi connectivity index (χ1) is 15.9. The number of rotatable bonds is 2. The molecular weight excluding hydrogens is 406 g/mol. The number of aliphatic hydroxyl groups excluding tert-OH is 1. The summed E-state index contributed by atoms with van der Waals surface area (Å²) in [6.07, 6.45) is 15.3. The lowest BCUT2D eigenvalue weighted by Crippen LogP contribution is -2.64. The zero-order valence-electron chi connectivity index (χ0n) is 22.9. The minimum absolute atomic E-state index is 0.0471. The second kappa shape index (κ2) is 11.5. The smallest absolute Gasteiger partial charge is 0.0965 e. The molecular formula is C30H55NO2. The Balaban J connectivity index is 0.000000728. The molecule has 2 aliphatic heterocycles. The summed E-state index contributed by atoms with van der Waals surface area (Å²) in [6, 6.07) is 0. The minimum atomic E-state index is -0.0471. The van der Waals surface area contributed by atoms with Crippen molar-refractivity contribution in [2.45, 2.75) is 136 Å². The minimum Gasteiger partial charge on any atom is -0.393 e. The molecule has 8 unspecified atom stereocenters. The summed E-state index contributed by atoms with van der Waals surface area (Å²) in [6.45, 7) is 19.8. The fourth-order valence-corrected chi connectivity index (χ4v) is 8.92. The van der Waals surface area contributed by atoms with Gasteiger partial charge in [-0.15, -0.1) is 0 Å². The van der Waals surface area contributed by atoms with E-state index in [-0.39, 0.29) is 17.7 Å². The van der Waals surface area contributed by atoms with Crippen LogP contribution in [0.5, 0.6) is 0 Å². The van der Waals surface area contributed by atoms with E-state index in [0.717, 1.165) is 37.2 Å². The van der Waals surface area contributed by atoms with Crippen LogP contribution < -0.4 is 0 Å². The molecule has 5 fully saturated rings. The van der Waals surface area contributed by atoms with E-state index in [1.807, 2.05) is 27.7 Å². The summed E-state index contributed by atoms with van der Waals surface area (Å²) in [5.41, 5.74) is 1.91. The number of hydrogen-bond acceptors (Lipinski definition) is 3. The lowest BCUT2D eigenvalue weighted by Gasteiger charge is -2.65. The van der Waals surface area contributed by atoms with E-state index in [9.17, 15) is 5.11 Å². The molecule has 0 aromatic heterocycles. The number of piperidine rings is 1. The third kappa shape index (κ3) is 4.80. The summed E-state index contributed by atoms with van der Waals surface area (Å²) in [5, 5.41) is 10.8. The first-order valence-electron chi connectivity index (χ1n) is 14.7. The van der Waals surface area contributed by atoms with Crippen LogP contribution in [0.4, 0.5) is 0 Å². The van der Waals surface area contributed by atoms with Gasteiger partial charge in [0.25, 0.3) is 0 Å². The molecule has 3 aliphatic carbocycles. The lowest BCUT2D eigenvalue weighted by atomic mass is 9.45. The van der Waals surface area contributed by atoms with Crippen molar-refractivity contribution >= 4 is 0 Å². The van der Waals surface area contributed by atoms with Gasteiger partial charge in [0.1, 0.15) is 0 Å². The van der Waals surface area contributed by atoms with Crippen LogP contribution in [0.25, 0.3) is 0 Å². The number of hydrogen-bond donors (Lipinski definition) is 1. The zero-order valence-corrected chi connectivity index (χ0v) is 22.9. The quantitative estimate of drug-likeness (QED) is 0.460. The molecule has 0 bridgehead atoms. The van der Waals surface area contributed by atoms with Gasteiger partial charge in [-0.25, -0.2) is 0 Å². The molecule has 0 aromatic carbocycles. The lowest BCUT2D eigenvalue weighted by molar-refractivity contribution is -0.159. The highest BCUT2D eigenvalue weighted by atomic mass is 16.5. The van der Waals surface area contributed by atoms with E-state index in [4.69, 9.17) is 4.74 Å². The monoisotopic (exact) mass is 461 g/mol. The average molecular weight is 462 g/mol. The zero-order chi connectivity index (χ0) is 24.2. The van der Waals surface area contributed by atoms with Crippen molar-refractivity contribution in [2.24, 2.45) is 29.1 Å². The van der Waals surface area contributed by atoms with E-state index in [0.29, 0.717) is 11.3 Å². The Hall–Kier alpha value is -0.540. The van der Waals surface area contributed by atoms with Crippen LogP contribution in [0.2, 0.25) is 0 Å². The van der Waals surface area contributed by atoms with Crippen molar-refractivity contribution in [3.63, 3.8) is 0 Å². The van der Waals surface area contributed by atoms with Crippen molar-refractivity contribution in [3.05, 3.63) is 12.3 Å². The predicted octanol–water partition coefficient (Wildman–Crippen LogP) is 7.58. The van der Waals surface area contributed by atoms with Crippen LogP contribution in [-0.2, 0) is 4.74 Å². The Bertz CT molecular complexity index is 629. The molecule has 8 atom stereocenters. The topological polar surface area (TPSA) is 32.7 Å². The van der Waals surface area contributed by atoms with E-state index < -0.39 is 0 Å². The molecule has 0 aromatic rings. The molecule has 33 heavy (non-hydrogen) atoms. The Labute approximate surface area is 205 Å². The highest BCUT2D eigenvalue weighted by Gasteiger charge is 2.59. The van der Waals surface area contributed by atoms with Gasteiger partial charge in [0, 0.05) is 24.4 Å². The molecule has 5 aliphatic rings. The van der Waals surface area contributed by atoms with E-state index in [2.05, 4.69) is 25.3 Å². The molecule has 0 spiro atoms. The third-order valence-electron chi connectivity index (χ3n) is 10.4. The van der Waals surface area contributed by atoms with Crippen molar-refractivity contribution in [1.82, 2.24) is 4.90 Å². The average Bonchev–Trinajstić information content (AvgIpc) is 2.85. The molecule has 192 valence electrons. The Morgan fingerprint density at radius 1 is 0.818 bits per heavy atom. The molecule has 0 radical (unpaired) electrons. The molecule has 2 heterocycles. The predicted molar refractivity (Wildman–Crippen MR) is 140 cm³/mol. The van der Waals surface area contributed by atoms with Gasteiger partial charge >= 0.3 is 0 Å². The fraction of sp³-hybridized carbons (Fsp3) is 0.933. The molecule has 0 amide bonds. The van der Waals surface area contributed by atoms with Crippen LogP contribution in [0, 0.1) is 29.1 Å². The SMILES string of the molecule is C=C(C1CCCCO1)N1CCCC2C3CCC4C(O)CCCC4(C)C3CCC21C.CC.CC. The van der Waals surface area contributed by atoms with Crippen molar-refractivity contribution in [3.8, 4) is 0 Å². The first kappa shape index (κ1) is 27.1. The number of aliphatic hydroxyl groups is 1. The number of fused-ring (bicyclic) bond motifs is 5. The van der Waals surface area contributed by atoms with E-state index in [1.165, 1.54) is 76.5 Å². The maximum atomic E-state index is 10.8.